The molecule has 0 heterocycles. The molecule has 0 spiro atoms. The molecule has 0 aromatic rings. The maximum atomic E-state index is 10.0. The Morgan fingerprint density at radius 3 is 2.50 bits per heavy atom. The summed E-state index contributed by atoms with van der Waals surface area (Å²) in [6, 6.07) is 0. The van der Waals surface area contributed by atoms with Crippen LogP contribution < -0.4 is 0 Å². The van der Waals surface area contributed by atoms with Crippen molar-refractivity contribution in [1.82, 2.24) is 0 Å². The second-order valence-corrected chi connectivity index (χ2v) is 2.35. The molecule has 0 aliphatic rings. The molecule has 0 aliphatic carbocycles. The monoisotopic (exact) mass is 135 g/mol. The van der Waals surface area contributed by atoms with E-state index in [2.05, 4.69) is 4.98 Å². The topological polar surface area (TPSA) is 65.5 Å². The second-order valence-electron chi connectivity index (χ2n) is 1.25. The van der Waals surface area contributed by atoms with Crippen LogP contribution in [0, 0.1) is 5.39 Å². The van der Waals surface area contributed by atoms with Crippen LogP contribution in [0.4, 0.5) is 0 Å². The highest BCUT2D eigenvalue weighted by molar-refractivity contribution is 7.80. The van der Waals surface area contributed by atoms with Gasteiger partial charge in [0.25, 0.3) is 0 Å². The largest absolute Gasteiger partial charge is 0.409 e. The fourth-order valence-electron chi connectivity index (χ4n) is 0.265. The van der Waals surface area contributed by atoms with Gasteiger partial charge in [0.05, 0.1) is 0 Å². The molecule has 0 aromatic carbocycles. The Labute approximate surface area is 49.8 Å². The smallest absolute Gasteiger partial charge is 0.300 e. The number of hydrogen-bond donors (Lipinski definition) is 1. The molecule has 8 heavy (non-hydrogen) atoms. The minimum atomic E-state index is -2.02. The molecule has 0 rings (SSSR count). The third-order valence-corrected chi connectivity index (χ3v) is 1.60. The van der Waals surface area contributed by atoms with Crippen molar-refractivity contribution >= 4 is 11.1 Å². The number of diazo groups is 1. The molecule has 46 valence electrons. The molecule has 4 nitrogen and oxygen atoms in total. The highest BCUT2D eigenvalue weighted by Gasteiger charge is 2.23. The minimum Gasteiger partial charge on any atom is -0.300 e. The summed E-state index contributed by atoms with van der Waals surface area (Å²) in [5, 5.41) is 7.13. The zero-order valence-electron chi connectivity index (χ0n) is 4.44. The molecular weight excluding hydrogens is 128 g/mol. The summed E-state index contributed by atoms with van der Waals surface area (Å²) in [6.07, 6.45) is 0.375. The third kappa shape index (κ3) is 2.00. The quantitative estimate of drug-likeness (QED) is 0.449. The molecule has 2 atom stereocenters. The Balaban J connectivity index is 3.76. The van der Waals surface area contributed by atoms with Crippen molar-refractivity contribution in [2.45, 2.75) is 18.7 Å². The summed E-state index contributed by atoms with van der Waals surface area (Å²) < 4.78 is 18.2. The van der Waals surface area contributed by atoms with Gasteiger partial charge in [-0.05, 0) is 0 Å². The van der Waals surface area contributed by atoms with Gasteiger partial charge < -0.3 is 0 Å². The maximum Gasteiger partial charge on any atom is 0.409 e. The van der Waals surface area contributed by atoms with Crippen molar-refractivity contribution in [1.29, 1.82) is 5.39 Å². The average Bonchev–Trinajstić information content (AvgIpc) is 1.69. The van der Waals surface area contributed by atoms with Crippen molar-refractivity contribution in [3.8, 4) is 0 Å². The van der Waals surface area contributed by atoms with Gasteiger partial charge in [0, 0.05) is 6.42 Å². The predicted octanol–water partition coefficient (Wildman–Crippen LogP) is 0.797. The molecule has 0 saturated heterocycles. The van der Waals surface area contributed by atoms with Gasteiger partial charge in [0.15, 0.2) is 0 Å². The average molecular weight is 135 g/mol. The van der Waals surface area contributed by atoms with Gasteiger partial charge in [0.1, 0.15) is 4.98 Å². The number of nitrogens with zero attached hydrogens (tertiary/aromatic N) is 2. The van der Waals surface area contributed by atoms with Crippen molar-refractivity contribution in [3.05, 3.63) is 4.98 Å². The lowest BCUT2D eigenvalue weighted by atomic mass is 10.5. The molecule has 0 amide bonds. The number of hydrogen-bond acceptors (Lipinski definition) is 2. The lowest BCUT2D eigenvalue weighted by Crippen LogP contribution is -2.06. The van der Waals surface area contributed by atoms with E-state index in [0.29, 0.717) is 6.42 Å². The fraction of sp³-hybridized carbons (Fsp3) is 1.00. The van der Waals surface area contributed by atoms with E-state index in [1.165, 1.54) is 0 Å². The summed E-state index contributed by atoms with van der Waals surface area (Å²) in [6.45, 7) is 1.67. The van der Waals surface area contributed by atoms with Crippen LogP contribution in [0.15, 0.2) is 0 Å². The predicted molar refractivity (Wildman–Crippen MR) is 29.9 cm³/mol. The van der Waals surface area contributed by atoms with Crippen molar-refractivity contribution in [2.24, 2.45) is 0 Å². The highest BCUT2D eigenvalue weighted by Crippen LogP contribution is 1.98. The van der Waals surface area contributed by atoms with E-state index in [4.69, 9.17) is 9.95 Å². The summed E-state index contributed by atoms with van der Waals surface area (Å²) in [5.74, 6) is 0. The van der Waals surface area contributed by atoms with Crippen LogP contribution >= 0.6 is 0 Å². The van der Waals surface area contributed by atoms with E-state index < -0.39 is 16.5 Å². The minimum absolute atomic E-state index is 0.375. The van der Waals surface area contributed by atoms with Crippen LogP contribution in [0.5, 0.6) is 0 Å². The van der Waals surface area contributed by atoms with Crippen LogP contribution in [0.25, 0.3) is 4.98 Å². The molecular formula is C3H7N2O2S+. The lowest BCUT2D eigenvalue weighted by molar-refractivity contribution is 0.553. The first-order valence-corrected chi connectivity index (χ1v) is 3.33. The molecule has 0 saturated carbocycles. The highest BCUT2D eigenvalue weighted by atomic mass is 32.2. The normalized spacial score (nSPS) is 16.6. The van der Waals surface area contributed by atoms with Crippen LogP contribution in [-0.4, -0.2) is 14.1 Å². The Hall–Kier alpha value is -0.470. The standard InChI is InChI=1S/C3H6N2O2S/c1-2-3(5-4)8(6)7/h3H,2H2,1H3/p+1. The van der Waals surface area contributed by atoms with Gasteiger partial charge in [-0.15, -0.1) is 0 Å². The molecule has 0 bridgehead atoms. The molecule has 0 radical (unpaired) electrons. The first-order chi connectivity index (χ1) is 3.72. The molecule has 0 aromatic heterocycles. The molecule has 5 heteroatoms. The lowest BCUT2D eigenvalue weighted by Gasteiger charge is -1.82. The third-order valence-electron chi connectivity index (χ3n) is 0.711. The second kappa shape index (κ2) is 3.52. The molecule has 0 aliphatic heterocycles. The number of rotatable bonds is 2. The van der Waals surface area contributed by atoms with Gasteiger partial charge >= 0.3 is 5.37 Å². The summed E-state index contributed by atoms with van der Waals surface area (Å²) in [7, 11) is 0. The van der Waals surface area contributed by atoms with E-state index in [9.17, 15) is 4.21 Å². The van der Waals surface area contributed by atoms with E-state index in [1.54, 1.807) is 6.92 Å². The Morgan fingerprint density at radius 2 is 2.50 bits per heavy atom. The van der Waals surface area contributed by atoms with Crippen molar-refractivity contribution in [3.63, 3.8) is 0 Å². The van der Waals surface area contributed by atoms with Crippen molar-refractivity contribution < 1.29 is 8.76 Å². The fourth-order valence-corrected chi connectivity index (χ4v) is 0.630. The van der Waals surface area contributed by atoms with Gasteiger partial charge in [0.2, 0.25) is 16.5 Å². The van der Waals surface area contributed by atoms with Gasteiger partial charge in [-0.1, -0.05) is 6.92 Å². The summed E-state index contributed by atoms with van der Waals surface area (Å²) in [5.41, 5.74) is 0. The summed E-state index contributed by atoms with van der Waals surface area (Å²) in [4.78, 5) is 2.66. The SMILES string of the molecule is CCC([N+]#N)S(=O)O. The Kier molecular flexibility index (Phi) is 3.31. The van der Waals surface area contributed by atoms with Gasteiger partial charge in [-0.2, -0.15) is 0 Å². The van der Waals surface area contributed by atoms with Gasteiger partial charge in [-0.3, -0.25) is 4.55 Å². The van der Waals surface area contributed by atoms with Crippen LogP contribution in [-0.2, 0) is 11.1 Å². The first kappa shape index (κ1) is 7.53. The first-order valence-electron chi connectivity index (χ1n) is 2.16. The van der Waals surface area contributed by atoms with E-state index in [0.717, 1.165) is 0 Å². The van der Waals surface area contributed by atoms with E-state index in [-0.39, 0.29) is 0 Å². The molecule has 2 unspecified atom stereocenters. The van der Waals surface area contributed by atoms with Crippen LogP contribution in [0.2, 0.25) is 0 Å². The zero-order valence-corrected chi connectivity index (χ0v) is 5.26. The Bertz CT molecular complexity index is 130. The van der Waals surface area contributed by atoms with E-state index >= 15 is 0 Å². The van der Waals surface area contributed by atoms with Gasteiger partial charge in [-0.25, -0.2) is 4.21 Å². The Morgan fingerprint density at radius 1 is 2.00 bits per heavy atom. The van der Waals surface area contributed by atoms with E-state index in [1.807, 2.05) is 0 Å². The summed E-state index contributed by atoms with van der Waals surface area (Å²) >= 11 is -2.02. The molecule has 1 N–H and O–H groups in total. The maximum absolute atomic E-state index is 10.0. The van der Waals surface area contributed by atoms with Crippen molar-refractivity contribution in [2.75, 3.05) is 0 Å². The molecule has 0 fully saturated rings. The van der Waals surface area contributed by atoms with Crippen LogP contribution in [0.3, 0.4) is 0 Å². The van der Waals surface area contributed by atoms with Crippen LogP contribution in [0.1, 0.15) is 13.3 Å². The zero-order chi connectivity index (χ0) is 6.57.